The largest absolute Gasteiger partial charge is 0.392 e. The predicted molar refractivity (Wildman–Crippen MR) is 188 cm³/mol. The molecule has 0 saturated carbocycles. The lowest BCUT2D eigenvalue weighted by Gasteiger charge is -2.00. The van der Waals surface area contributed by atoms with E-state index < -0.39 is 0 Å². The zero-order valence-electron chi connectivity index (χ0n) is 26.2. The van der Waals surface area contributed by atoms with Crippen molar-refractivity contribution in [3.63, 3.8) is 0 Å². The van der Waals surface area contributed by atoms with Crippen LogP contribution in [0, 0.1) is 18.6 Å². The van der Waals surface area contributed by atoms with Gasteiger partial charge in [-0.05, 0) is 37.2 Å². The fourth-order valence-corrected chi connectivity index (χ4v) is 4.33. The van der Waals surface area contributed by atoms with Crippen molar-refractivity contribution in [3.8, 4) is 0 Å². The van der Waals surface area contributed by atoms with E-state index in [-0.39, 0.29) is 17.7 Å². The summed E-state index contributed by atoms with van der Waals surface area (Å²) < 4.78 is 0.375. The quantitative estimate of drug-likeness (QED) is 0.0624. The average molecular weight is 768 g/mol. The summed E-state index contributed by atoms with van der Waals surface area (Å²) in [6.07, 6.45) is 19.6. The van der Waals surface area contributed by atoms with Gasteiger partial charge in [-0.1, -0.05) is 27.7 Å². The van der Waals surface area contributed by atoms with E-state index in [0.717, 1.165) is 33.4 Å². The van der Waals surface area contributed by atoms with Crippen LogP contribution in [-0.2, 0) is 17.7 Å². The summed E-state index contributed by atoms with van der Waals surface area (Å²) in [6, 6.07) is 2.92. The van der Waals surface area contributed by atoms with Crippen LogP contribution in [0.15, 0.2) is 102 Å². The first-order valence-corrected chi connectivity index (χ1v) is 16.3. The highest BCUT2D eigenvalue weighted by molar-refractivity contribution is 9.08. The second-order valence-electron chi connectivity index (χ2n) is 9.07. The number of nitrogens with zero attached hydrogens (tertiary/aromatic N) is 9. The number of hydrogen-bond donors (Lipinski definition) is 4. The van der Waals surface area contributed by atoms with Gasteiger partial charge in [0, 0.05) is 89.7 Å². The molecule has 49 heavy (non-hydrogen) atoms. The number of aldehydes is 1. The van der Waals surface area contributed by atoms with Gasteiger partial charge in [-0.25, -0.2) is 44.9 Å². The van der Waals surface area contributed by atoms with Gasteiger partial charge in [0.2, 0.25) is 0 Å². The Labute approximate surface area is 297 Å². The maximum atomic E-state index is 11.2. The molecule has 254 valence electrons. The third-order valence-electron chi connectivity index (χ3n) is 5.01. The smallest absolute Gasteiger partial charge is 0.251 e. The summed E-state index contributed by atoms with van der Waals surface area (Å²) in [6.45, 7) is 3.59. The van der Waals surface area contributed by atoms with E-state index in [0.29, 0.717) is 27.5 Å². The highest BCUT2D eigenvalue weighted by Gasteiger charge is 2.00. The fraction of sp³-hybridized carbons (Fsp3) is 0.167. The molecular weight excluding hydrogens is 736 g/mol. The number of aromatic amines is 3. The Morgan fingerprint density at radius 2 is 1.22 bits per heavy atom. The monoisotopic (exact) mass is 766 g/mol. The Morgan fingerprint density at radius 1 is 0.735 bits per heavy atom. The number of nitrogens with one attached hydrogen (secondary N) is 3. The van der Waals surface area contributed by atoms with E-state index >= 15 is 0 Å². The van der Waals surface area contributed by atoms with Gasteiger partial charge in [0.15, 0.2) is 16.2 Å². The molecule has 0 saturated heterocycles. The first kappa shape index (κ1) is 39.9. The second-order valence-corrected chi connectivity index (χ2v) is 11.0. The molecule has 0 unspecified atom stereocenters. The van der Waals surface area contributed by atoms with Crippen LogP contribution in [0.5, 0.6) is 0 Å². The van der Waals surface area contributed by atoms with Crippen LogP contribution in [0.25, 0.3) is 0 Å². The number of rotatable bonds is 6. The van der Waals surface area contributed by atoms with Crippen LogP contribution < -0.4 is 11.1 Å². The molecule has 6 aromatic heterocycles. The van der Waals surface area contributed by atoms with E-state index in [1.807, 2.05) is 0 Å². The van der Waals surface area contributed by atoms with Gasteiger partial charge in [0.1, 0.15) is 25.3 Å². The van der Waals surface area contributed by atoms with Crippen molar-refractivity contribution in [1.29, 1.82) is 0 Å². The lowest BCUT2D eigenvalue weighted by molar-refractivity contribution is 0.112. The lowest BCUT2D eigenvalue weighted by atomic mass is 10.4. The van der Waals surface area contributed by atoms with Gasteiger partial charge in [0.25, 0.3) is 11.1 Å². The van der Waals surface area contributed by atoms with Crippen molar-refractivity contribution < 1.29 is 9.90 Å². The number of aromatic nitrogens is 12. The van der Waals surface area contributed by atoms with E-state index in [1.165, 1.54) is 61.6 Å². The molecule has 0 fully saturated rings. The molecule has 0 amide bonds. The van der Waals surface area contributed by atoms with Gasteiger partial charge < -0.3 is 15.1 Å². The van der Waals surface area contributed by atoms with Crippen LogP contribution in [0.3, 0.4) is 0 Å². The molecule has 0 spiro atoms. The van der Waals surface area contributed by atoms with E-state index in [2.05, 4.69) is 88.0 Å². The van der Waals surface area contributed by atoms with E-state index in [1.54, 1.807) is 51.0 Å². The fourth-order valence-electron chi connectivity index (χ4n) is 2.95. The Morgan fingerprint density at radius 3 is 1.61 bits per heavy atom. The molecule has 0 aliphatic carbocycles. The predicted octanol–water partition coefficient (Wildman–Crippen LogP) is 3.53. The number of carbonyl (C=O) groups excluding carboxylic acids is 1. The van der Waals surface area contributed by atoms with Crippen LogP contribution in [-0.4, -0.2) is 71.2 Å². The molecule has 0 radical (unpaired) electrons. The van der Waals surface area contributed by atoms with E-state index in [9.17, 15) is 14.4 Å². The highest BCUT2D eigenvalue weighted by atomic mass is 79.9. The summed E-state index contributed by atoms with van der Waals surface area (Å²) in [4.78, 5) is 73.8. The van der Waals surface area contributed by atoms with Crippen molar-refractivity contribution in [2.24, 2.45) is 0 Å². The summed E-state index contributed by atoms with van der Waals surface area (Å²) in [5, 5.41) is 9.90. The third-order valence-corrected chi connectivity index (χ3v) is 6.81. The third kappa shape index (κ3) is 18.6. The van der Waals surface area contributed by atoms with Crippen molar-refractivity contribution in [2.45, 2.75) is 36.7 Å². The molecule has 19 heteroatoms. The maximum absolute atomic E-state index is 11.2. The normalized spacial score (nSPS) is 9.47. The minimum absolute atomic E-state index is 0.0147. The second kappa shape index (κ2) is 24.0. The summed E-state index contributed by atoms with van der Waals surface area (Å²) in [5.74, 6) is 0.688. The highest BCUT2D eigenvalue weighted by Crippen LogP contribution is 2.16. The molecule has 6 heterocycles. The van der Waals surface area contributed by atoms with Gasteiger partial charge in [-0.3, -0.25) is 19.4 Å². The summed E-state index contributed by atoms with van der Waals surface area (Å²) >= 11 is 9.41. The van der Waals surface area contributed by atoms with Crippen molar-refractivity contribution in [3.05, 3.63) is 146 Å². The summed E-state index contributed by atoms with van der Waals surface area (Å²) in [5.41, 5.74) is 4.57. The first-order chi connectivity index (χ1) is 23.7. The molecular formula is C30H31BrN12O4S2. The summed E-state index contributed by atoms with van der Waals surface area (Å²) in [7, 11) is 0. The van der Waals surface area contributed by atoms with Crippen LogP contribution >= 0.6 is 39.9 Å². The van der Waals surface area contributed by atoms with Gasteiger partial charge in [-0.15, -0.1) is 0 Å². The van der Waals surface area contributed by atoms with Crippen molar-refractivity contribution in [1.82, 2.24) is 59.8 Å². The minimum atomic E-state index is -0.156. The topological polar surface area (TPSA) is 235 Å². The molecule has 0 aromatic carbocycles. The number of carbonyl (C=O) groups is 1. The standard InChI is InChI=1S/C10H10N4OS.C5H5BrN2.C5H6N2OS.C5H6N2O.C5H4N2O/c1-7-2-9(15)14-10(13-7)16-5-8-3-11-6-12-4-8;6-1-5-2-7-4-8-3-5;1-3-2-4(8)7-5(9)6-3;2*8-3-5-1-6-4-7-2-5/h2-4,6H,5H2,1H3,(H,13,14,15);2-4H,1H2;2H,1H3,(H2,6,7,8,9);1-2,4,8H,3H2;1-4H. The number of hydrogen-bond acceptors (Lipinski definition) is 15. The molecule has 0 atom stereocenters. The van der Waals surface area contributed by atoms with Crippen molar-refractivity contribution >= 4 is 46.2 Å². The first-order valence-electron chi connectivity index (χ1n) is 13.8. The zero-order chi connectivity index (χ0) is 35.7. The number of aliphatic hydroxyl groups is 1. The number of aliphatic hydroxyl groups excluding tert-OH is 1. The molecule has 6 rings (SSSR count). The van der Waals surface area contributed by atoms with Crippen molar-refractivity contribution in [2.75, 3.05) is 0 Å². The number of aryl methyl sites for hydroxylation is 2. The van der Waals surface area contributed by atoms with Gasteiger partial charge >= 0.3 is 0 Å². The number of alkyl halides is 1. The SMILES string of the molecule is BrCc1cncnc1.Cc1cc(=O)[nH]c(=S)[nH]1.Cc1cc(=O)[nH]c(SCc2cncnc2)n1.O=Cc1cncnc1.OCc1cncnc1. The molecule has 0 aliphatic heterocycles. The molecule has 0 bridgehead atoms. The Hall–Kier alpha value is -5.24. The number of H-pyrrole nitrogens is 3. The lowest BCUT2D eigenvalue weighted by Crippen LogP contribution is -2.08. The molecule has 0 aliphatic rings. The zero-order valence-corrected chi connectivity index (χ0v) is 29.4. The van der Waals surface area contributed by atoms with Crippen LogP contribution in [0.4, 0.5) is 0 Å². The van der Waals surface area contributed by atoms with Crippen LogP contribution in [0.2, 0.25) is 0 Å². The Kier molecular flexibility index (Phi) is 19.5. The molecule has 16 nitrogen and oxygen atoms in total. The maximum Gasteiger partial charge on any atom is 0.251 e. The average Bonchev–Trinajstić information content (AvgIpc) is 3.12. The van der Waals surface area contributed by atoms with E-state index in [4.69, 9.17) is 5.11 Å². The van der Waals surface area contributed by atoms with Gasteiger partial charge in [-0.2, -0.15) is 0 Å². The Balaban J connectivity index is 0.000000221. The van der Waals surface area contributed by atoms with Gasteiger partial charge in [0.05, 0.1) is 12.2 Å². The molecule has 4 N–H and O–H groups in total. The number of halogens is 1. The number of thioether (sulfide) groups is 1. The van der Waals surface area contributed by atoms with Crippen LogP contribution in [0.1, 0.15) is 38.4 Å². The Bertz CT molecular complexity index is 1890. The minimum Gasteiger partial charge on any atom is -0.392 e. The molecule has 6 aromatic rings.